The first-order valence-corrected chi connectivity index (χ1v) is 16.8. The fourth-order valence-corrected chi connectivity index (χ4v) is 6.35. The minimum atomic E-state index is -5.06. The highest BCUT2D eigenvalue weighted by Crippen LogP contribution is 2.38. The highest BCUT2D eigenvalue weighted by atomic mass is 32.2. The summed E-state index contributed by atoms with van der Waals surface area (Å²) in [6.07, 6.45) is 2.34. The Kier molecular flexibility index (Phi) is 8.56. The molecule has 240 valence electrons. The second-order valence-electron chi connectivity index (χ2n) is 10.4. The van der Waals surface area contributed by atoms with Crippen LogP contribution in [-0.2, 0) is 20.2 Å². The van der Waals surface area contributed by atoms with Crippen molar-refractivity contribution in [1.82, 2.24) is 0 Å². The Labute approximate surface area is 274 Å². The van der Waals surface area contributed by atoms with Crippen LogP contribution in [0.15, 0.2) is 139 Å². The van der Waals surface area contributed by atoms with E-state index in [9.17, 15) is 36.2 Å². The molecule has 0 spiro atoms. The Bertz CT molecular complexity index is 2370. The lowest BCUT2D eigenvalue weighted by Crippen LogP contribution is -2.02. The number of fused-ring (bicyclic) bond motifs is 2. The molecule has 0 radical (unpaired) electrons. The van der Waals surface area contributed by atoms with Crippen LogP contribution in [0.4, 0.5) is 22.7 Å². The molecule has 0 heterocycles. The molecular weight excluding hydrogens is 657 g/mol. The highest BCUT2D eigenvalue weighted by Gasteiger charge is 2.13. The molecule has 0 aliphatic carbocycles. The van der Waals surface area contributed by atoms with E-state index in [1.165, 1.54) is 48.6 Å². The van der Waals surface area contributed by atoms with Gasteiger partial charge in [0, 0.05) is 10.8 Å². The molecule has 0 aromatic heterocycles. The second kappa shape index (κ2) is 12.8. The average Bonchev–Trinajstić information content (AvgIpc) is 3.06. The SMILES string of the molecule is O=S(=O)([O-])c1cc(N=Nc2c(O)ccc3ccccc23)ccc1C=Cc1ccc(N=Nc2c(O)ccc3ccccc23)cc1S(=O)(=O)[O-]. The number of azo groups is 2. The third kappa shape index (κ3) is 6.82. The Balaban J connectivity index is 1.33. The van der Waals surface area contributed by atoms with Gasteiger partial charge in [0.25, 0.3) is 0 Å². The summed E-state index contributed by atoms with van der Waals surface area (Å²) in [5.41, 5.74) is 0.0499. The lowest BCUT2D eigenvalue weighted by Gasteiger charge is -2.13. The van der Waals surface area contributed by atoms with Gasteiger partial charge in [-0.2, -0.15) is 10.2 Å². The number of phenolic OH excluding ortho intramolecular Hbond substituents is 2. The van der Waals surface area contributed by atoms with Crippen LogP contribution in [0.3, 0.4) is 0 Å². The summed E-state index contributed by atoms with van der Waals surface area (Å²) < 4.78 is 73.2. The van der Waals surface area contributed by atoms with Gasteiger partial charge in [-0.3, -0.25) is 0 Å². The first-order chi connectivity index (χ1) is 22.9. The predicted octanol–water partition coefficient (Wildman–Crippen LogP) is 8.21. The Morgan fingerprint density at radius 3 is 1.29 bits per heavy atom. The lowest BCUT2D eigenvalue weighted by molar-refractivity contribution is 0.460. The summed E-state index contributed by atoms with van der Waals surface area (Å²) >= 11 is 0. The molecule has 14 heteroatoms. The molecule has 0 unspecified atom stereocenters. The molecule has 0 aliphatic rings. The van der Waals surface area contributed by atoms with E-state index in [0.29, 0.717) is 10.8 Å². The van der Waals surface area contributed by atoms with Gasteiger partial charge in [0.2, 0.25) is 0 Å². The van der Waals surface area contributed by atoms with Crippen molar-refractivity contribution in [1.29, 1.82) is 0 Å². The summed E-state index contributed by atoms with van der Waals surface area (Å²) in [4.78, 5) is -1.35. The van der Waals surface area contributed by atoms with Crippen molar-refractivity contribution >= 4 is 76.7 Å². The molecule has 0 saturated carbocycles. The van der Waals surface area contributed by atoms with E-state index in [2.05, 4.69) is 20.5 Å². The van der Waals surface area contributed by atoms with E-state index in [0.717, 1.165) is 22.9 Å². The van der Waals surface area contributed by atoms with Gasteiger partial charge in [-0.15, -0.1) is 10.2 Å². The van der Waals surface area contributed by atoms with Crippen molar-refractivity contribution in [3.63, 3.8) is 0 Å². The van der Waals surface area contributed by atoms with Crippen molar-refractivity contribution in [3.8, 4) is 11.5 Å². The van der Waals surface area contributed by atoms with Gasteiger partial charge in [0.1, 0.15) is 43.1 Å². The second-order valence-corrected chi connectivity index (χ2v) is 13.1. The van der Waals surface area contributed by atoms with Crippen LogP contribution in [-0.4, -0.2) is 36.2 Å². The molecule has 6 aromatic carbocycles. The fraction of sp³-hybridized carbons (Fsp3) is 0. The lowest BCUT2D eigenvalue weighted by atomic mass is 10.1. The number of hydrogen-bond acceptors (Lipinski definition) is 12. The molecule has 0 amide bonds. The van der Waals surface area contributed by atoms with Crippen LogP contribution in [0.25, 0.3) is 33.7 Å². The fourth-order valence-electron chi connectivity index (χ4n) is 4.97. The van der Waals surface area contributed by atoms with Crippen molar-refractivity contribution in [2.45, 2.75) is 9.79 Å². The molecule has 0 bridgehead atoms. The van der Waals surface area contributed by atoms with E-state index in [-0.39, 0.29) is 45.4 Å². The molecule has 0 fully saturated rings. The number of phenols is 2. The molecule has 6 aromatic rings. The van der Waals surface area contributed by atoms with Gasteiger partial charge >= 0.3 is 0 Å². The van der Waals surface area contributed by atoms with E-state index in [1.54, 1.807) is 36.4 Å². The molecule has 48 heavy (non-hydrogen) atoms. The van der Waals surface area contributed by atoms with Crippen LogP contribution in [0, 0.1) is 0 Å². The van der Waals surface area contributed by atoms with E-state index < -0.39 is 30.0 Å². The van der Waals surface area contributed by atoms with Gasteiger partial charge in [-0.25, -0.2) is 16.8 Å². The maximum absolute atomic E-state index is 12.2. The van der Waals surface area contributed by atoms with E-state index >= 15 is 0 Å². The summed E-state index contributed by atoms with van der Waals surface area (Å²) in [6, 6.07) is 27.8. The maximum atomic E-state index is 12.2. The van der Waals surface area contributed by atoms with Gasteiger partial charge in [0.05, 0.1) is 21.2 Å². The predicted molar refractivity (Wildman–Crippen MR) is 177 cm³/mol. The zero-order chi connectivity index (χ0) is 34.1. The molecule has 0 atom stereocenters. The number of rotatable bonds is 8. The largest absolute Gasteiger partial charge is 0.744 e. The number of benzene rings is 6. The third-order valence-corrected chi connectivity index (χ3v) is 9.05. The minimum absolute atomic E-state index is 0.0105. The van der Waals surface area contributed by atoms with Gasteiger partial charge in [-0.1, -0.05) is 84.9 Å². The number of aromatic hydroxyl groups is 2. The van der Waals surface area contributed by atoms with Gasteiger partial charge in [0.15, 0.2) is 0 Å². The normalized spacial score (nSPS) is 12.6. The van der Waals surface area contributed by atoms with Crippen LogP contribution in [0.2, 0.25) is 0 Å². The average molecular weight is 679 g/mol. The Morgan fingerprint density at radius 2 is 0.896 bits per heavy atom. The summed E-state index contributed by atoms with van der Waals surface area (Å²) in [5.74, 6) is -0.311. The topological polar surface area (TPSA) is 204 Å². The van der Waals surface area contributed by atoms with Crippen molar-refractivity contribution in [3.05, 3.63) is 120 Å². The molecule has 0 saturated heterocycles. The van der Waals surface area contributed by atoms with E-state index in [1.807, 2.05) is 24.3 Å². The summed E-state index contributed by atoms with van der Waals surface area (Å²) in [7, 11) is -10.1. The van der Waals surface area contributed by atoms with Crippen LogP contribution in [0.5, 0.6) is 11.5 Å². The van der Waals surface area contributed by atoms with Crippen LogP contribution >= 0.6 is 0 Å². The quantitative estimate of drug-likeness (QED) is 0.0909. The Hall–Kier alpha value is -5.80. The smallest absolute Gasteiger partial charge is 0.143 e. The molecule has 0 aliphatic heterocycles. The number of hydrogen-bond donors (Lipinski definition) is 2. The van der Waals surface area contributed by atoms with Crippen molar-refractivity contribution in [2.75, 3.05) is 0 Å². The van der Waals surface area contributed by atoms with Gasteiger partial charge in [-0.05, 0) is 58.3 Å². The summed E-state index contributed by atoms with van der Waals surface area (Å²) in [5, 5.41) is 39.6. The van der Waals surface area contributed by atoms with Crippen molar-refractivity contribution < 1.29 is 36.2 Å². The zero-order valence-electron chi connectivity index (χ0n) is 24.5. The monoisotopic (exact) mass is 678 g/mol. The van der Waals surface area contributed by atoms with Crippen LogP contribution < -0.4 is 0 Å². The molecule has 6 rings (SSSR count). The standard InChI is InChI=1S/C34H24N4O8S2/c39-29-17-13-21-5-1-3-7-27(21)33(29)37-35-25-15-11-23(31(19-25)47(41,42)43)9-10-24-12-16-26(20-32(24)48(44,45)46)36-38-34-28-8-4-2-6-22(28)14-18-30(34)40/h1-20,39-40H,(H,41,42,43)(H,44,45,46)/p-2. The minimum Gasteiger partial charge on any atom is -0.744 e. The molecule has 12 nitrogen and oxygen atoms in total. The molecule has 2 N–H and O–H groups in total. The maximum Gasteiger partial charge on any atom is 0.143 e. The third-order valence-electron chi connectivity index (χ3n) is 7.26. The first-order valence-electron chi connectivity index (χ1n) is 14.0. The van der Waals surface area contributed by atoms with E-state index in [4.69, 9.17) is 0 Å². The van der Waals surface area contributed by atoms with Crippen molar-refractivity contribution in [2.24, 2.45) is 20.5 Å². The number of nitrogens with zero attached hydrogens (tertiary/aromatic N) is 4. The van der Waals surface area contributed by atoms with Gasteiger partial charge < -0.3 is 19.3 Å². The van der Waals surface area contributed by atoms with Crippen LogP contribution in [0.1, 0.15) is 11.1 Å². The highest BCUT2D eigenvalue weighted by molar-refractivity contribution is 7.86. The first kappa shape index (κ1) is 32.2. The zero-order valence-corrected chi connectivity index (χ0v) is 26.1. The molecular formula is C34H22N4O8S2-2. The Morgan fingerprint density at radius 1 is 0.500 bits per heavy atom. The summed E-state index contributed by atoms with van der Waals surface area (Å²) in [6.45, 7) is 0.